The second-order valence-electron chi connectivity index (χ2n) is 3.67. The van der Waals surface area contributed by atoms with Gasteiger partial charge in [-0.2, -0.15) is 0 Å². The van der Waals surface area contributed by atoms with Crippen LogP contribution in [0.4, 0.5) is 0 Å². The fourth-order valence-electron chi connectivity index (χ4n) is 1.22. The topological polar surface area (TPSA) is 64.3 Å². The number of amides is 1. The van der Waals surface area contributed by atoms with E-state index in [4.69, 9.17) is 10.5 Å². The van der Waals surface area contributed by atoms with Crippen LogP contribution in [0.3, 0.4) is 0 Å². The van der Waals surface area contributed by atoms with Crippen molar-refractivity contribution in [1.82, 2.24) is 5.32 Å². The molecule has 0 bridgehead atoms. The predicted molar refractivity (Wildman–Crippen MR) is 70.4 cm³/mol. The molecule has 0 fully saturated rings. The first-order chi connectivity index (χ1) is 8.15. The maximum Gasteiger partial charge on any atom is 0.230 e. The molecule has 1 aromatic carbocycles. The number of thioether (sulfide) groups is 1. The number of carbonyl (C=O) groups excluding carboxylic acids is 1. The summed E-state index contributed by atoms with van der Waals surface area (Å²) in [5.74, 6) is 1.18. The molecule has 0 aliphatic carbocycles. The molecule has 0 spiro atoms. The molecule has 0 unspecified atom stereocenters. The standard InChI is InChI=1S/C12H18N2O2S/c1-9(7-13)14-12(15)8-17-11-5-3-4-10(6-11)16-2/h3-6,9H,7-8,13H2,1-2H3,(H,14,15)/t9-/m0/s1. The Morgan fingerprint density at radius 3 is 3.00 bits per heavy atom. The van der Waals surface area contributed by atoms with Crippen LogP contribution in [0.2, 0.25) is 0 Å². The summed E-state index contributed by atoms with van der Waals surface area (Å²) in [6, 6.07) is 7.66. The molecule has 1 aromatic rings. The Labute approximate surface area is 106 Å². The van der Waals surface area contributed by atoms with Crippen LogP contribution in [0.15, 0.2) is 29.2 Å². The SMILES string of the molecule is COc1cccc(SCC(=O)N[C@@H](C)CN)c1. The van der Waals surface area contributed by atoms with E-state index in [0.29, 0.717) is 12.3 Å². The minimum absolute atomic E-state index is 0.00392. The highest BCUT2D eigenvalue weighted by atomic mass is 32.2. The molecule has 0 saturated carbocycles. The minimum Gasteiger partial charge on any atom is -0.497 e. The summed E-state index contributed by atoms with van der Waals surface area (Å²) in [4.78, 5) is 12.5. The zero-order chi connectivity index (χ0) is 12.7. The van der Waals surface area contributed by atoms with E-state index < -0.39 is 0 Å². The van der Waals surface area contributed by atoms with Gasteiger partial charge in [0.15, 0.2) is 0 Å². The fourth-order valence-corrected chi connectivity index (χ4v) is 1.97. The molecule has 17 heavy (non-hydrogen) atoms. The lowest BCUT2D eigenvalue weighted by atomic mass is 10.3. The van der Waals surface area contributed by atoms with Crippen molar-refractivity contribution in [2.24, 2.45) is 5.73 Å². The van der Waals surface area contributed by atoms with Gasteiger partial charge < -0.3 is 15.8 Å². The van der Waals surface area contributed by atoms with Crippen LogP contribution in [-0.4, -0.2) is 31.4 Å². The molecule has 0 aliphatic heterocycles. The van der Waals surface area contributed by atoms with Crippen molar-refractivity contribution in [3.63, 3.8) is 0 Å². The normalized spacial score (nSPS) is 11.9. The fraction of sp³-hybridized carbons (Fsp3) is 0.417. The molecule has 0 saturated heterocycles. The van der Waals surface area contributed by atoms with E-state index in [0.717, 1.165) is 10.6 Å². The Bertz CT molecular complexity index is 371. The molecule has 0 aliphatic rings. The largest absolute Gasteiger partial charge is 0.497 e. The van der Waals surface area contributed by atoms with Crippen LogP contribution >= 0.6 is 11.8 Å². The minimum atomic E-state index is -0.00392. The van der Waals surface area contributed by atoms with Crippen LogP contribution in [-0.2, 0) is 4.79 Å². The molecule has 5 heteroatoms. The number of hydrogen-bond donors (Lipinski definition) is 2. The second kappa shape index (κ2) is 7.19. The summed E-state index contributed by atoms with van der Waals surface area (Å²) in [6.45, 7) is 2.34. The molecule has 0 heterocycles. The summed E-state index contributed by atoms with van der Waals surface area (Å²) >= 11 is 1.48. The third-order valence-corrected chi connectivity index (χ3v) is 3.17. The van der Waals surface area contributed by atoms with E-state index in [1.807, 2.05) is 31.2 Å². The number of nitrogens with two attached hydrogens (primary N) is 1. The van der Waals surface area contributed by atoms with Crippen LogP contribution < -0.4 is 15.8 Å². The van der Waals surface area contributed by atoms with Gasteiger partial charge >= 0.3 is 0 Å². The smallest absolute Gasteiger partial charge is 0.230 e. The van der Waals surface area contributed by atoms with Gasteiger partial charge in [0.1, 0.15) is 5.75 Å². The Balaban J connectivity index is 2.41. The monoisotopic (exact) mass is 254 g/mol. The average molecular weight is 254 g/mol. The maximum atomic E-state index is 11.5. The highest BCUT2D eigenvalue weighted by molar-refractivity contribution is 8.00. The number of rotatable bonds is 6. The highest BCUT2D eigenvalue weighted by Crippen LogP contribution is 2.22. The molecule has 94 valence electrons. The van der Waals surface area contributed by atoms with Crippen LogP contribution in [0, 0.1) is 0 Å². The molecule has 1 atom stereocenters. The Kier molecular flexibility index (Phi) is 5.86. The molecular weight excluding hydrogens is 236 g/mol. The van der Waals surface area contributed by atoms with Gasteiger partial charge in [0, 0.05) is 17.5 Å². The van der Waals surface area contributed by atoms with Gasteiger partial charge in [0.05, 0.1) is 12.9 Å². The molecule has 0 radical (unpaired) electrons. The molecule has 1 rings (SSSR count). The van der Waals surface area contributed by atoms with E-state index in [1.54, 1.807) is 7.11 Å². The van der Waals surface area contributed by atoms with Gasteiger partial charge in [-0.05, 0) is 25.1 Å². The van der Waals surface area contributed by atoms with Crippen molar-refractivity contribution in [3.8, 4) is 5.75 Å². The summed E-state index contributed by atoms with van der Waals surface area (Å²) < 4.78 is 5.11. The third-order valence-electron chi connectivity index (χ3n) is 2.17. The molecule has 1 amide bonds. The summed E-state index contributed by atoms with van der Waals surface area (Å²) in [6.07, 6.45) is 0. The average Bonchev–Trinajstić information content (AvgIpc) is 2.36. The van der Waals surface area contributed by atoms with Crippen molar-refractivity contribution in [3.05, 3.63) is 24.3 Å². The molecular formula is C12H18N2O2S. The lowest BCUT2D eigenvalue weighted by Crippen LogP contribution is -2.38. The number of ether oxygens (including phenoxy) is 1. The van der Waals surface area contributed by atoms with E-state index in [1.165, 1.54) is 11.8 Å². The van der Waals surface area contributed by atoms with Crippen molar-refractivity contribution in [1.29, 1.82) is 0 Å². The Morgan fingerprint density at radius 1 is 1.59 bits per heavy atom. The summed E-state index contributed by atoms with van der Waals surface area (Å²) in [5, 5.41) is 2.81. The second-order valence-corrected chi connectivity index (χ2v) is 4.72. The zero-order valence-electron chi connectivity index (χ0n) is 10.1. The van der Waals surface area contributed by atoms with Gasteiger partial charge in [-0.15, -0.1) is 11.8 Å². The van der Waals surface area contributed by atoms with E-state index >= 15 is 0 Å². The third kappa shape index (κ3) is 5.10. The Morgan fingerprint density at radius 2 is 2.35 bits per heavy atom. The maximum absolute atomic E-state index is 11.5. The van der Waals surface area contributed by atoms with Gasteiger partial charge in [0.25, 0.3) is 0 Å². The van der Waals surface area contributed by atoms with Crippen LogP contribution in [0.5, 0.6) is 5.75 Å². The first kappa shape index (κ1) is 13.9. The van der Waals surface area contributed by atoms with Gasteiger partial charge in [-0.25, -0.2) is 0 Å². The number of benzene rings is 1. The molecule has 4 nitrogen and oxygen atoms in total. The van der Waals surface area contributed by atoms with Crippen LogP contribution in [0.1, 0.15) is 6.92 Å². The molecule has 0 aromatic heterocycles. The van der Waals surface area contributed by atoms with E-state index in [-0.39, 0.29) is 11.9 Å². The number of nitrogens with one attached hydrogen (secondary N) is 1. The van der Waals surface area contributed by atoms with Gasteiger partial charge in [-0.3, -0.25) is 4.79 Å². The number of carbonyl (C=O) groups is 1. The predicted octanol–water partition coefficient (Wildman–Crippen LogP) is 1.25. The lowest BCUT2D eigenvalue weighted by molar-refractivity contribution is -0.119. The molecule has 3 N–H and O–H groups in total. The first-order valence-corrected chi connectivity index (χ1v) is 6.40. The van der Waals surface area contributed by atoms with Crippen molar-refractivity contribution in [2.45, 2.75) is 17.9 Å². The van der Waals surface area contributed by atoms with E-state index in [9.17, 15) is 4.79 Å². The first-order valence-electron chi connectivity index (χ1n) is 5.42. The lowest BCUT2D eigenvalue weighted by Gasteiger charge is -2.11. The quantitative estimate of drug-likeness (QED) is 0.750. The van der Waals surface area contributed by atoms with Crippen LogP contribution in [0.25, 0.3) is 0 Å². The summed E-state index contributed by atoms with van der Waals surface area (Å²) in [5.41, 5.74) is 5.43. The summed E-state index contributed by atoms with van der Waals surface area (Å²) in [7, 11) is 1.62. The number of hydrogen-bond acceptors (Lipinski definition) is 4. The Hall–Kier alpha value is -1.20. The van der Waals surface area contributed by atoms with Crippen molar-refractivity contribution in [2.75, 3.05) is 19.4 Å². The highest BCUT2D eigenvalue weighted by Gasteiger charge is 2.06. The van der Waals surface area contributed by atoms with Gasteiger partial charge in [-0.1, -0.05) is 6.07 Å². The van der Waals surface area contributed by atoms with Gasteiger partial charge in [0.2, 0.25) is 5.91 Å². The van der Waals surface area contributed by atoms with Crippen molar-refractivity contribution < 1.29 is 9.53 Å². The van der Waals surface area contributed by atoms with E-state index in [2.05, 4.69) is 5.32 Å². The van der Waals surface area contributed by atoms with Crippen molar-refractivity contribution >= 4 is 17.7 Å². The zero-order valence-corrected chi connectivity index (χ0v) is 10.9. The number of methoxy groups -OCH3 is 1.